The van der Waals surface area contributed by atoms with Gasteiger partial charge in [0.15, 0.2) is 0 Å². The van der Waals surface area contributed by atoms with Crippen molar-refractivity contribution in [3.8, 4) is 0 Å². The Bertz CT molecular complexity index is 284. The number of likely N-dealkylation sites (tertiary alicyclic amines) is 1. The van der Waals surface area contributed by atoms with Crippen molar-refractivity contribution in [1.29, 1.82) is 0 Å². The Morgan fingerprint density at radius 2 is 1.78 bits per heavy atom. The topological polar surface area (TPSA) is 46.3 Å². The zero-order chi connectivity index (χ0) is 13.1. The first-order chi connectivity index (χ1) is 8.61. The average molecular weight is 252 g/mol. The summed E-state index contributed by atoms with van der Waals surface area (Å²) in [5.41, 5.74) is 5.77. The molecule has 0 spiro atoms. The van der Waals surface area contributed by atoms with Gasteiger partial charge < -0.3 is 10.6 Å². The Morgan fingerprint density at radius 1 is 1.11 bits per heavy atom. The second kappa shape index (κ2) is 6.05. The van der Waals surface area contributed by atoms with Crippen LogP contribution >= 0.6 is 0 Å². The summed E-state index contributed by atoms with van der Waals surface area (Å²) in [7, 11) is 0. The maximum Gasteiger partial charge on any atom is 0.225 e. The zero-order valence-corrected chi connectivity index (χ0v) is 11.9. The number of hydrogen-bond acceptors (Lipinski definition) is 2. The van der Waals surface area contributed by atoms with Crippen molar-refractivity contribution in [3.63, 3.8) is 0 Å². The van der Waals surface area contributed by atoms with Crippen molar-refractivity contribution in [3.05, 3.63) is 0 Å². The first-order valence-corrected chi connectivity index (χ1v) is 7.62. The lowest BCUT2D eigenvalue weighted by atomic mass is 9.81. The molecule has 2 rings (SSSR count). The van der Waals surface area contributed by atoms with Crippen molar-refractivity contribution >= 4 is 5.91 Å². The lowest BCUT2D eigenvalue weighted by molar-refractivity contribution is -0.141. The molecule has 2 aliphatic rings. The molecular formula is C15H28N2O. The molecule has 0 bridgehead atoms. The maximum atomic E-state index is 12.6. The molecule has 0 aromatic carbocycles. The molecule has 1 heterocycles. The molecule has 1 amide bonds. The molecule has 1 aliphatic carbocycles. The van der Waals surface area contributed by atoms with Crippen molar-refractivity contribution in [2.45, 2.75) is 58.4 Å². The van der Waals surface area contributed by atoms with Gasteiger partial charge in [-0.3, -0.25) is 4.79 Å². The molecule has 18 heavy (non-hydrogen) atoms. The van der Waals surface area contributed by atoms with E-state index in [9.17, 15) is 4.79 Å². The number of piperidine rings is 1. The van der Waals surface area contributed by atoms with Crippen LogP contribution < -0.4 is 5.73 Å². The SMILES string of the molecule is CC1CCC(C(=O)N2CC(CN)CCC2C)CC1. The first kappa shape index (κ1) is 13.9. The van der Waals surface area contributed by atoms with E-state index in [-0.39, 0.29) is 0 Å². The Morgan fingerprint density at radius 3 is 2.39 bits per heavy atom. The molecule has 0 aromatic heterocycles. The second-order valence-electron chi connectivity index (χ2n) is 6.48. The van der Waals surface area contributed by atoms with Gasteiger partial charge in [0, 0.05) is 18.5 Å². The summed E-state index contributed by atoms with van der Waals surface area (Å²) in [4.78, 5) is 14.7. The van der Waals surface area contributed by atoms with Gasteiger partial charge >= 0.3 is 0 Å². The van der Waals surface area contributed by atoms with Crippen LogP contribution in [0.3, 0.4) is 0 Å². The van der Waals surface area contributed by atoms with E-state index in [0.29, 0.717) is 23.8 Å². The van der Waals surface area contributed by atoms with Gasteiger partial charge in [-0.2, -0.15) is 0 Å². The van der Waals surface area contributed by atoms with Crippen LogP contribution in [0, 0.1) is 17.8 Å². The third-order valence-corrected chi connectivity index (χ3v) is 4.96. The van der Waals surface area contributed by atoms with Gasteiger partial charge in [-0.05, 0) is 63.8 Å². The lowest BCUT2D eigenvalue weighted by Crippen LogP contribution is -2.49. The Hall–Kier alpha value is -0.570. The number of hydrogen-bond donors (Lipinski definition) is 1. The molecule has 3 heteroatoms. The van der Waals surface area contributed by atoms with Gasteiger partial charge in [-0.15, -0.1) is 0 Å². The molecular weight excluding hydrogens is 224 g/mol. The van der Waals surface area contributed by atoms with Crippen LogP contribution in [0.25, 0.3) is 0 Å². The second-order valence-corrected chi connectivity index (χ2v) is 6.48. The van der Waals surface area contributed by atoms with Crippen LogP contribution in [0.4, 0.5) is 0 Å². The van der Waals surface area contributed by atoms with Gasteiger partial charge in [-0.1, -0.05) is 6.92 Å². The number of rotatable bonds is 2. The minimum Gasteiger partial charge on any atom is -0.339 e. The highest BCUT2D eigenvalue weighted by Gasteiger charge is 2.33. The maximum absolute atomic E-state index is 12.6. The fourth-order valence-electron chi connectivity index (χ4n) is 3.42. The van der Waals surface area contributed by atoms with E-state index in [2.05, 4.69) is 18.7 Å². The van der Waals surface area contributed by atoms with Crippen LogP contribution in [0.2, 0.25) is 0 Å². The number of nitrogens with zero attached hydrogens (tertiary/aromatic N) is 1. The normalized spacial score (nSPS) is 37.6. The third kappa shape index (κ3) is 3.05. The van der Waals surface area contributed by atoms with E-state index in [1.807, 2.05) is 0 Å². The number of carbonyl (C=O) groups excluding carboxylic acids is 1. The summed E-state index contributed by atoms with van der Waals surface area (Å²) in [5, 5.41) is 0. The quantitative estimate of drug-likeness (QED) is 0.820. The van der Waals surface area contributed by atoms with Gasteiger partial charge in [-0.25, -0.2) is 0 Å². The first-order valence-electron chi connectivity index (χ1n) is 7.62. The van der Waals surface area contributed by atoms with E-state index in [0.717, 1.165) is 38.3 Å². The Labute approximate surface area is 111 Å². The average Bonchev–Trinajstić information content (AvgIpc) is 2.39. The molecule has 0 aromatic rings. The fraction of sp³-hybridized carbons (Fsp3) is 0.933. The molecule has 2 unspecified atom stereocenters. The Kier molecular flexibility index (Phi) is 4.66. The van der Waals surface area contributed by atoms with E-state index in [4.69, 9.17) is 5.73 Å². The molecule has 2 fully saturated rings. The van der Waals surface area contributed by atoms with Crippen molar-refractivity contribution in [1.82, 2.24) is 4.90 Å². The minimum absolute atomic E-state index is 0.292. The summed E-state index contributed by atoms with van der Waals surface area (Å²) < 4.78 is 0. The predicted octanol–water partition coefficient (Wildman–Crippen LogP) is 2.40. The van der Waals surface area contributed by atoms with Crippen LogP contribution in [0.5, 0.6) is 0 Å². The molecule has 0 radical (unpaired) electrons. The van der Waals surface area contributed by atoms with Crippen LogP contribution in [0.1, 0.15) is 52.4 Å². The van der Waals surface area contributed by atoms with E-state index in [1.54, 1.807) is 0 Å². The van der Waals surface area contributed by atoms with E-state index >= 15 is 0 Å². The van der Waals surface area contributed by atoms with Crippen molar-refractivity contribution in [2.24, 2.45) is 23.5 Å². The predicted molar refractivity (Wildman–Crippen MR) is 74.1 cm³/mol. The molecule has 1 saturated carbocycles. The number of carbonyl (C=O) groups is 1. The molecule has 1 aliphatic heterocycles. The van der Waals surface area contributed by atoms with E-state index in [1.165, 1.54) is 19.3 Å². The van der Waals surface area contributed by atoms with Gasteiger partial charge in [0.2, 0.25) is 5.91 Å². The van der Waals surface area contributed by atoms with Crippen LogP contribution in [-0.2, 0) is 4.79 Å². The highest BCUT2D eigenvalue weighted by atomic mass is 16.2. The van der Waals surface area contributed by atoms with Crippen LogP contribution in [-0.4, -0.2) is 29.9 Å². The summed E-state index contributed by atoms with van der Waals surface area (Å²) in [6.45, 7) is 6.10. The van der Waals surface area contributed by atoms with Crippen molar-refractivity contribution in [2.75, 3.05) is 13.1 Å². The molecule has 2 atom stereocenters. The standard InChI is InChI=1S/C15H28N2O/c1-11-3-7-14(8-4-11)15(18)17-10-13(9-16)6-5-12(17)2/h11-14H,3-10,16H2,1-2H3. The smallest absolute Gasteiger partial charge is 0.225 e. The number of nitrogens with two attached hydrogens (primary N) is 1. The van der Waals surface area contributed by atoms with Gasteiger partial charge in [0.1, 0.15) is 0 Å². The van der Waals surface area contributed by atoms with Crippen LogP contribution in [0.15, 0.2) is 0 Å². The van der Waals surface area contributed by atoms with E-state index < -0.39 is 0 Å². The lowest BCUT2D eigenvalue weighted by Gasteiger charge is -2.40. The van der Waals surface area contributed by atoms with Gasteiger partial charge in [0.05, 0.1) is 0 Å². The Balaban J connectivity index is 1.94. The summed E-state index contributed by atoms with van der Waals surface area (Å²) >= 11 is 0. The zero-order valence-electron chi connectivity index (χ0n) is 11.9. The molecule has 2 N–H and O–H groups in total. The number of amides is 1. The molecule has 1 saturated heterocycles. The molecule has 3 nitrogen and oxygen atoms in total. The summed E-state index contributed by atoms with van der Waals surface area (Å²) in [6.07, 6.45) is 6.94. The van der Waals surface area contributed by atoms with Gasteiger partial charge in [0.25, 0.3) is 0 Å². The largest absolute Gasteiger partial charge is 0.339 e. The minimum atomic E-state index is 0.292. The monoisotopic (exact) mass is 252 g/mol. The highest BCUT2D eigenvalue weighted by Crippen LogP contribution is 2.32. The summed E-state index contributed by atoms with van der Waals surface area (Å²) in [5.74, 6) is 2.03. The third-order valence-electron chi connectivity index (χ3n) is 4.96. The van der Waals surface area contributed by atoms with Crippen molar-refractivity contribution < 1.29 is 4.79 Å². The molecule has 104 valence electrons. The fourth-order valence-corrected chi connectivity index (χ4v) is 3.42. The highest BCUT2D eigenvalue weighted by molar-refractivity contribution is 5.79. The summed E-state index contributed by atoms with van der Waals surface area (Å²) in [6, 6.07) is 0.416.